The van der Waals surface area contributed by atoms with Crippen LogP contribution in [0.3, 0.4) is 0 Å². The van der Waals surface area contributed by atoms with Crippen LogP contribution in [-0.2, 0) is 41.4 Å². The Bertz CT molecular complexity index is 1360. The first-order valence-corrected chi connectivity index (χ1v) is 15.0. The van der Waals surface area contributed by atoms with E-state index in [0.717, 1.165) is 10.5 Å². The summed E-state index contributed by atoms with van der Waals surface area (Å²) < 4.78 is 33.5. The highest BCUT2D eigenvalue weighted by molar-refractivity contribution is 7.88. The minimum absolute atomic E-state index is 0.0827. The van der Waals surface area contributed by atoms with E-state index < -0.39 is 58.3 Å². The zero-order valence-corrected chi connectivity index (χ0v) is 25.5. The van der Waals surface area contributed by atoms with Crippen LogP contribution in [0.25, 0.3) is 0 Å². The second-order valence-electron chi connectivity index (χ2n) is 10.0. The predicted molar refractivity (Wildman–Crippen MR) is 161 cm³/mol. The number of carbonyl (C=O) groups is 3. The van der Waals surface area contributed by atoms with Gasteiger partial charge in [-0.25, -0.2) is 13.4 Å². The Morgan fingerprint density at radius 3 is 2.12 bits per heavy atom. The fourth-order valence-corrected chi connectivity index (χ4v) is 4.98. The van der Waals surface area contributed by atoms with Gasteiger partial charge in [0, 0.05) is 18.6 Å². The van der Waals surface area contributed by atoms with Gasteiger partial charge in [0.2, 0.25) is 21.8 Å². The van der Waals surface area contributed by atoms with E-state index in [-0.39, 0.29) is 18.4 Å². The van der Waals surface area contributed by atoms with Gasteiger partial charge in [-0.15, -0.1) is 0 Å². The number of likely N-dealkylation sites (N-methyl/N-ethyl adjacent to an activating group) is 1. The molecule has 8 N–H and O–H groups in total. The molecule has 2 rings (SSSR count). The van der Waals surface area contributed by atoms with Crippen LogP contribution in [0.5, 0.6) is 0 Å². The molecule has 230 valence electrons. The van der Waals surface area contributed by atoms with Gasteiger partial charge in [-0.05, 0) is 48.2 Å². The zero-order chi connectivity index (χ0) is 31.6. The Morgan fingerprint density at radius 2 is 1.57 bits per heavy atom. The number of sulfonamides is 1. The molecule has 0 radical (unpaired) electrons. The van der Waals surface area contributed by atoms with E-state index in [1.807, 2.05) is 0 Å². The molecule has 0 aromatic heterocycles. The molecule has 0 aliphatic carbocycles. The summed E-state index contributed by atoms with van der Waals surface area (Å²) in [6, 6.07) is 9.45. The molecule has 15 heteroatoms. The van der Waals surface area contributed by atoms with Crippen molar-refractivity contribution in [2.75, 3.05) is 13.7 Å². The topological polar surface area (TPSA) is 212 Å². The van der Waals surface area contributed by atoms with Crippen molar-refractivity contribution < 1.29 is 27.5 Å². The maximum absolute atomic E-state index is 13.4. The van der Waals surface area contributed by atoms with E-state index in [9.17, 15) is 22.8 Å². The first kappa shape index (κ1) is 34.5. The van der Waals surface area contributed by atoms with Crippen LogP contribution in [0.4, 0.5) is 5.69 Å². The quantitative estimate of drug-likeness (QED) is 0.114. The third-order valence-electron chi connectivity index (χ3n) is 6.24. The van der Waals surface area contributed by atoms with Crippen LogP contribution in [0, 0.1) is 5.92 Å². The van der Waals surface area contributed by atoms with Gasteiger partial charge >= 0.3 is 5.97 Å². The number of ether oxygens (including phenoxy) is 1. The van der Waals surface area contributed by atoms with Crippen LogP contribution >= 0.6 is 11.6 Å². The van der Waals surface area contributed by atoms with Gasteiger partial charge in [-0.1, -0.05) is 49.7 Å². The maximum atomic E-state index is 13.4. The highest BCUT2D eigenvalue weighted by Gasteiger charge is 2.33. The second-order valence-corrected chi connectivity index (χ2v) is 12.2. The summed E-state index contributed by atoms with van der Waals surface area (Å²) in [5.74, 6) is -2.87. The maximum Gasteiger partial charge on any atom is 0.323 e. The van der Waals surface area contributed by atoms with Crippen LogP contribution in [-0.4, -0.2) is 68.8 Å². The van der Waals surface area contributed by atoms with Gasteiger partial charge in [0.05, 0.1) is 11.4 Å². The van der Waals surface area contributed by atoms with E-state index >= 15 is 0 Å². The minimum Gasteiger partial charge on any atom is -0.462 e. The molecule has 0 saturated carbocycles. The Hall–Kier alpha value is -3.72. The highest BCUT2D eigenvalue weighted by Crippen LogP contribution is 2.14. The molecule has 3 atom stereocenters. The molecule has 42 heavy (non-hydrogen) atoms. The Balaban J connectivity index is 2.14. The van der Waals surface area contributed by atoms with Gasteiger partial charge in [0.1, 0.15) is 24.7 Å². The summed E-state index contributed by atoms with van der Waals surface area (Å²) in [6.45, 7) is 4.44. The number of benzene rings is 2. The van der Waals surface area contributed by atoms with Crippen molar-refractivity contribution in [1.29, 1.82) is 0 Å². The SMILES string of the molecule is CC(C)C(N)C(=O)OCC(NS(=O)(=O)Cc1ccc(Cl)cc1)C(=O)N(C)C(C)C(=O)NCc1ccc(N=C(N)N)cc1. The fourth-order valence-electron chi connectivity index (χ4n) is 3.53. The van der Waals surface area contributed by atoms with E-state index in [1.165, 1.54) is 38.2 Å². The second kappa shape index (κ2) is 15.5. The Labute approximate surface area is 250 Å². The summed E-state index contributed by atoms with van der Waals surface area (Å²) in [4.78, 5) is 43.7. The van der Waals surface area contributed by atoms with Crippen molar-refractivity contribution in [3.63, 3.8) is 0 Å². The summed E-state index contributed by atoms with van der Waals surface area (Å²) in [5.41, 5.74) is 18.3. The van der Waals surface area contributed by atoms with Crippen molar-refractivity contribution in [2.45, 2.75) is 51.2 Å². The monoisotopic (exact) mass is 623 g/mol. The average Bonchev–Trinajstić information content (AvgIpc) is 2.93. The number of amides is 2. The minimum atomic E-state index is -4.10. The normalized spacial score (nSPS) is 13.5. The molecule has 0 spiro atoms. The van der Waals surface area contributed by atoms with Crippen LogP contribution in [0.15, 0.2) is 53.5 Å². The molecule has 0 fully saturated rings. The lowest BCUT2D eigenvalue weighted by Crippen LogP contribution is -2.55. The van der Waals surface area contributed by atoms with Crippen LogP contribution in [0.2, 0.25) is 5.02 Å². The first-order chi connectivity index (χ1) is 19.6. The summed E-state index contributed by atoms with van der Waals surface area (Å²) >= 11 is 5.88. The molecular formula is C27H38ClN7O6S. The number of hydrogen-bond donors (Lipinski definition) is 5. The van der Waals surface area contributed by atoms with E-state index in [2.05, 4.69) is 15.0 Å². The van der Waals surface area contributed by atoms with Crippen LogP contribution < -0.4 is 27.2 Å². The van der Waals surface area contributed by atoms with Crippen molar-refractivity contribution in [2.24, 2.45) is 28.1 Å². The molecule has 0 bridgehead atoms. The summed E-state index contributed by atoms with van der Waals surface area (Å²) in [5, 5.41) is 3.16. The lowest BCUT2D eigenvalue weighted by Gasteiger charge is -2.29. The van der Waals surface area contributed by atoms with Gasteiger partial charge in [0.25, 0.3) is 0 Å². The molecule has 3 unspecified atom stereocenters. The average molecular weight is 624 g/mol. The lowest BCUT2D eigenvalue weighted by atomic mass is 10.1. The number of esters is 1. The predicted octanol–water partition coefficient (Wildman–Crippen LogP) is 0.723. The number of nitrogens with two attached hydrogens (primary N) is 3. The van der Waals surface area contributed by atoms with Crippen molar-refractivity contribution in [3.05, 3.63) is 64.7 Å². The Morgan fingerprint density at radius 1 is 1.00 bits per heavy atom. The third kappa shape index (κ3) is 10.9. The van der Waals surface area contributed by atoms with E-state index in [1.54, 1.807) is 38.1 Å². The van der Waals surface area contributed by atoms with E-state index in [0.29, 0.717) is 16.3 Å². The van der Waals surface area contributed by atoms with Crippen molar-refractivity contribution in [3.8, 4) is 0 Å². The van der Waals surface area contributed by atoms with Crippen molar-refractivity contribution >= 4 is 51.1 Å². The zero-order valence-electron chi connectivity index (χ0n) is 23.9. The van der Waals surface area contributed by atoms with Gasteiger partial charge in [0.15, 0.2) is 5.96 Å². The molecular weight excluding hydrogens is 586 g/mol. The van der Waals surface area contributed by atoms with Gasteiger partial charge < -0.3 is 32.2 Å². The number of hydrogen-bond acceptors (Lipinski definition) is 8. The van der Waals surface area contributed by atoms with Crippen molar-refractivity contribution in [1.82, 2.24) is 14.9 Å². The number of guanidine groups is 1. The summed E-state index contributed by atoms with van der Waals surface area (Å²) in [6.07, 6.45) is 0. The van der Waals surface area contributed by atoms with E-state index in [4.69, 9.17) is 33.5 Å². The summed E-state index contributed by atoms with van der Waals surface area (Å²) in [7, 11) is -2.76. The molecule has 2 aromatic rings. The molecule has 0 aliphatic heterocycles. The molecule has 2 aromatic carbocycles. The largest absolute Gasteiger partial charge is 0.462 e. The lowest BCUT2D eigenvalue weighted by molar-refractivity contribution is -0.149. The number of nitrogens with one attached hydrogen (secondary N) is 2. The Kier molecular flexibility index (Phi) is 12.7. The number of nitrogens with zero attached hydrogens (tertiary/aromatic N) is 2. The standard InChI is InChI=1S/C27H38ClN7O6S/c1-16(2)23(29)26(38)41-14-22(34-42(39,40)15-19-5-9-20(28)10-6-19)25(37)35(4)17(3)24(36)32-13-18-7-11-21(12-8-18)33-27(30)31/h5-12,16-17,22-23,34H,13-15,29H2,1-4H3,(H,32,36)(H4,30,31,33). The number of rotatable bonds is 14. The number of carbonyl (C=O) groups excluding carboxylic acids is 3. The molecule has 0 saturated heterocycles. The molecule has 2 amide bonds. The molecule has 13 nitrogen and oxygen atoms in total. The number of halogens is 1. The third-order valence-corrected chi connectivity index (χ3v) is 7.85. The molecule has 0 aliphatic rings. The van der Waals surface area contributed by atoms with Gasteiger partial charge in [-0.2, -0.15) is 4.72 Å². The fraction of sp³-hybridized carbons (Fsp3) is 0.407. The van der Waals surface area contributed by atoms with Gasteiger partial charge in [-0.3, -0.25) is 14.4 Å². The highest BCUT2D eigenvalue weighted by atomic mass is 35.5. The van der Waals surface area contributed by atoms with Crippen LogP contribution in [0.1, 0.15) is 31.9 Å². The first-order valence-electron chi connectivity index (χ1n) is 13.0. The molecule has 0 heterocycles. The number of aliphatic imine (C=N–C) groups is 1. The smallest absolute Gasteiger partial charge is 0.323 e.